The van der Waals surface area contributed by atoms with Crippen molar-refractivity contribution < 1.29 is 9.53 Å². The van der Waals surface area contributed by atoms with E-state index in [1.807, 2.05) is 18.2 Å². The molecule has 1 unspecified atom stereocenters. The summed E-state index contributed by atoms with van der Waals surface area (Å²) in [6, 6.07) is 16.1. The average molecular weight is 387 g/mol. The molecule has 2 bridgehead atoms. The number of hydrogen-bond acceptors (Lipinski definition) is 4. The van der Waals surface area contributed by atoms with Crippen molar-refractivity contribution >= 4 is 16.7 Å². The molecule has 29 heavy (non-hydrogen) atoms. The quantitative estimate of drug-likeness (QED) is 0.634. The topological polar surface area (TPSA) is 54.8 Å². The summed E-state index contributed by atoms with van der Waals surface area (Å²) in [6.45, 7) is 0.944. The van der Waals surface area contributed by atoms with Crippen molar-refractivity contribution in [1.82, 2.24) is 9.58 Å². The van der Waals surface area contributed by atoms with Gasteiger partial charge in [-0.05, 0) is 22.8 Å². The number of rotatable bonds is 2. The summed E-state index contributed by atoms with van der Waals surface area (Å²) < 4.78 is 7.13. The summed E-state index contributed by atoms with van der Waals surface area (Å²) >= 11 is 0. The van der Waals surface area contributed by atoms with Gasteiger partial charge in [-0.2, -0.15) is 0 Å². The van der Waals surface area contributed by atoms with Gasteiger partial charge in [-0.25, -0.2) is 0 Å². The Kier molecular flexibility index (Phi) is 4.12. The fourth-order valence-electron chi connectivity index (χ4n) is 4.34. The number of carbonyl (C=O) groups excluding carboxylic acids is 1. The Bertz CT molecular complexity index is 1190. The largest absolute Gasteiger partial charge is 0.491 e. The van der Waals surface area contributed by atoms with Crippen molar-refractivity contribution in [3.05, 3.63) is 88.4 Å². The van der Waals surface area contributed by atoms with Crippen LogP contribution in [0.15, 0.2) is 71.7 Å². The zero-order valence-corrected chi connectivity index (χ0v) is 16.1. The maximum atomic E-state index is 13.1. The average Bonchev–Trinajstić information content (AvgIpc) is 2.73. The molecule has 2 aromatic carbocycles. The van der Waals surface area contributed by atoms with E-state index in [9.17, 15) is 9.59 Å². The Labute approximate surface area is 168 Å². The van der Waals surface area contributed by atoms with Gasteiger partial charge in [0.25, 0.3) is 5.91 Å². The van der Waals surface area contributed by atoms with Crippen LogP contribution < -0.4 is 15.2 Å². The van der Waals surface area contributed by atoms with Crippen LogP contribution in [0.1, 0.15) is 28.5 Å². The molecule has 3 heterocycles. The lowest BCUT2D eigenvalue weighted by Crippen LogP contribution is -2.55. The minimum Gasteiger partial charge on any atom is -0.491 e. The van der Waals surface area contributed by atoms with Crippen LogP contribution in [-0.2, 0) is 0 Å². The first kappa shape index (κ1) is 17.6. The number of ether oxygens (including phenoxy) is 1. The van der Waals surface area contributed by atoms with Gasteiger partial charge in [0.05, 0.1) is 13.2 Å². The highest BCUT2D eigenvalue weighted by Gasteiger charge is 2.36. The maximum absolute atomic E-state index is 13.1. The molecule has 0 aliphatic carbocycles. The number of carbonyl (C=O) groups is 1. The van der Waals surface area contributed by atoms with Crippen LogP contribution >= 0.6 is 0 Å². The number of hydrogen-bond donors (Lipinski definition) is 0. The highest BCUT2D eigenvalue weighted by Crippen LogP contribution is 2.34. The van der Waals surface area contributed by atoms with Crippen molar-refractivity contribution in [2.24, 2.45) is 0 Å². The van der Waals surface area contributed by atoms with Crippen molar-refractivity contribution in [3.63, 3.8) is 0 Å². The molecular weight excluding hydrogens is 366 g/mol. The molecule has 6 nitrogen and oxygen atoms in total. The van der Waals surface area contributed by atoms with Crippen molar-refractivity contribution in [1.29, 1.82) is 0 Å². The number of aromatic nitrogens is 1. The van der Waals surface area contributed by atoms with Gasteiger partial charge in [0.15, 0.2) is 11.4 Å². The Hall–Kier alpha value is -3.54. The Balaban J connectivity index is 1.75. The standard InChI is InChI=1S/C23H21N3O3/c1-29-22-20(27)12-14-25-21(22)23(28)24-13-5-4-11-19(26(25)15-24)18-10-6-8-16-7-2-3-9-17(16)18/h2-10,12,14,19H,11,13,15H2,1H3/b5-4-. The van der Waals surface area contributed by atoms with Gasteiger partial charge < -0.3 is 9.64 Å². The monoisotopic (exact) mass is 387 g/mol. The van der Waals surface area contributed by atoms with Crippen molar-refractivity contribution in [2.45, 2.75) is 12.5 Å². The third-order valence-electron chi connectivity index (χ3n) is 5.72. The SMILES string of the molecule is COc1c2n(ccc1=O)N1CN(C/C=C\CC1c1cccc3ccccc13)C2=O. The lowest BCUT2D eigenvalue weighted by Gasteiger charge is -2.44. The van der Waals surface area contributed by atoms with Crippen molar-refractivity contribution in [3.8, 4) is 5.75 Å². The molecule has 3 aromatic rings. The molecule has 0 saturated carbocycles. The van der Waals surface area contributed by atoms with Gasteiger partial charge in [-0.3, -0.25) is 19.3 Å². The van der Waals surface area contributed by atoms with Gasteiger partial charge in [0.2, 0.25) is 5.43 Å². The predicted octanol–water partition coefficient (Wildman–Crippen LogP) is 3.06. The Morgan fingerprint density at radius 2 is 1.83 bits per heavy atom. The lowest BCUT2D eigenvalue weighted by atomic mass is 9.95. The number of pyridine rings is 1. The lowest BCUT2D eigenvalue weighted by molar-refractivity contribution is 0.0693. The molecule has 0 fully saturated rings. The summed E-state index contributed by atoms with van der Waals surface area (Å²) in [4.78, 5) is 27.2. The first-order valence-electron chi connectivity index (χ1n) is 9.67. The molecule has 2 aliphatic rings. The molecule has 6 heteroatoms. The van der Waals surface area contributed by atoms with E-state index in [0.29, 0.717) is 13.2 Å². The third-order valence-corrected chi connectivity index (χ3v) is 5.72. The van der Waals surface area contributed by atoms with Crippen LogP contribution in [0.3, 0.4) is 0 Å². The van der Waals surface area contributed by atoms with Crippen LogP contribution in [0.25, 0.3) is 10.8 Å². The predicted molar refractivity (Wildman–Crippen MR) is 112 cm³/mol. The molecular formula is C23H21N3O3. The van der Waals surface area contributed by atoms with Crippen LogP contribution in [0, 0.1) is 0 Å². The van der Waals surface area contributed by atoms with E-state index in [0.717, 1.165) is 6.42 Å². The van der Waals surface area contributed by atoms with E-state index in [1.165, 1.54) is 29.5 Å². The zero-order chi connectivity index (χ0) is 20.0. The molecule has 1 aromatic heterocycles. The van der Waals surface area contributed by atoms with Crippen LogP contribution in [0.5, 0.6) is 5.75 Å². The minimum atomic E-state index is -0.289. The van der Waals surface area contributed by atoms with E-state index < -0.39 is 0 Å². The molecule has 0 N–H and O–H groups in total. The van der Waals surface area contributed by atoms with Gasteiger partial charge >= 0.3 is 0 Å². The molecule has 0 radical (unpaired) electrons. The fourth-order valence-corrected chi connectivity index (χ4v) is 4.34. The highest BCUT2D eigenvalue weighted by molar-refractivity contribution is 5.96. The second kappa shape index (κ2) is 6.81. The minimum absolute atomic E-state index is 0.000733. The second-order valence-corrected chi connectivity index (χ2v) is 7.31. The van der Waals surface area contributed by atoms with E-state index in [4.69, 9.17) is 4.74 Å². The third kappa shape index (κ3) is 2.71. The summed E-state index contributed by atoms with van der Waals surface area (Å²) in [7, 11) is 1.43. The van der Waals surface area contributed by atoms with Crippen molar-refractivity contribution in [2.75, 3.05) is 25.3 Å². The Morgan fingerprint density at radius 1 is 1.00 bits per heavy atom. The number of nitrogens with zero attached hydrogens (tertiary/aromatic N) is 3. The number of fused-ring (bicyclic) bond motifs is 5. The van der Waals surface area contributed by atoms with Gasteiger partial charge in [0.1, 0.15) is 6.67 Å². The van der Waals surface area contributed by atoms with Crippen LogP contribution in [0.2, 0.25) is 0 Å². The normalized spacial score (nSPS) is 19.5. The summed E-state index contributed by atoms with van der Waals surface area (Å²) in [5.41, 5.74) is 1.18. The van der Waals surface area contributed by atoms with Gasteiger partial charge in [0, 0.05) is 18.8 Å². The van der Waals surface area contributed by atoms with E-state index in [-0.39, 0.29) is 28.8 Å². The molecule has 146 valence electrons. The van der Waals surface area contributed by atoms with E-state index >= 15 is 0 Å². The van der Waals surface area contributed by atoms with E-state index in [2.05, 4.69) is 41.4 Å². The molecule has 0 spiro atoms. The summed E-state index contributed by atoms with van der Waals surface area (Å²) in [6.07, 6.45) is 6.63. The highest BCUT2D eigenvalue weighted by atomic mass is 16.5. The smallest absolute Gasteiger partial charge is 0.278 e. The molecule has 5 rings (SSSR count). The Morgan fingerprint density at radius 3 is 2.69 bits per heavy atom. The molecule has 0 saturated heterocycles. The molecule has 1 amide bonds. The second-order valence-electron chi connectivity index (χ2n) is 7.31. The van der Waals surface area contributed by atoms with E-state index in [1.54, 1.807) is 15.8 Å². The van der Waals surface area contributed by atoms with Gasteiger partial charge in [-0.15, -0.1) is 0 Å². The number of benzene rings is 2. The number of methoxy groups -OCH3 is 1. The van der Waals surface area contributed by atoms with Crippen LogP contribution in [-0.4, -0.2) is 35.8 Å². The summed E-state index contributed by atoms with van der Waals surface area (Å²) in [5, 5.41) is 4.51. The maximum Gasteiger partial charge on any atom is 0.278 e. The molecule has 2 aliphatic heterocycles. The molecule has 1 atom stereocenters. The first-order valence-corrected chi connectivity index (χ1v) is 9.67. The number of amides is 1. The first-order chi connectivity index (χ1) is 14.2. The summed E-state index contributed by atoms with van der Waals surface area (Å²) in [5.74, 6) is -0.104. The van der Waals surface area contributed by atoms with Crippen LogP contribution in [0.4, 0.5) is 0 Å². The van der Waals surface area contributed by atoms with Gasteiger partial charge in [-0.1, -0.05) is 54.6 Å². The fraction of sp³-hybridized carbons (Fsp3) is 0.217. The zero-order valence-electron chi connectivity index (χ0n) is 16.1.